The highest BCUT2D eigenvalue weighted by Crippen LogP contribution is 2.23. The van der Waals surface area contributed by atoms with Crippen molar-refractivity contribution in [3.05, 3.63) is 0 Å². The second-order valence-electron chi connectivity index (χ2n) is 4.83. The molecule has 1 N–H and O–H groups in total. The maximum absolute atomic E-state index is 9.22. The van der Waals surface area contributed by atoms with Crippen LogP contribution in [-0.4, -0.2) is 24.8 Å². The van der Waals surface area contributed by atoms with Gasteiger partial charge in [0.1, 0.15) is 5.54 Å². The third-order valence-corrected chi connectivity index (χ3v) is 3.57. The molecule has 1 saturated carbocycles. The van der Waals surface area contributed by atoms with Gasteiger partial charge in [0.25, 0.3) is 0 Å². The van der Waals surface area contributed by atoms with E-state index in [4.69, 9.17) is 4.74 Å². The third-order valence-electron chi connectivity index (χ3n) is 3.57. The molecule has 0 aromatic rings. The highest BCUT2D eigenvalue weighted by Gasteiger charge is 2.36. The molecule has 0 aromatic heterocycles. The summed E-state index contributed by atoms with van der Waals surface area (Å²) in [5.41, 5.74) is -0.380. The third kappa shape index (κ3) is 2.70. The second-order valence-corrected chi connectivity index (χ2v) is 4.83. The topological polar surface area (TPSA) is 45.0 Å². The Morgan fingerprint density at radius 2 is 1.93 bits per heavy atom. The Morgan fingerprint density at radius 1 is 1.20 bits per heavy atom. The number of nitrogens with zero attached hydrogens (tertiary/aromatic N) is 1. The Balaban J connectivity index is 1.91. The quantitative estimate of drug-likeness (QED) is 0.706. The summed E-state index contributed by atoms with van der Waals surface area (Å²) in [5.74, 6) is 0. The molecule has 2 rings (SSSR count). The van der Waals surface area contributed by atoms with E-state index in [1.165, 1.54) is 38.5 Å². The van der Waals surface area contributed by atoms with Crippen molar-refractivity contribution in [2.24, 2.45) is 0 Å². The van der Waals surface area contributed by atoms with E-state index in [-0.39, 0.29) is 5.54 Å². The average molecular weight is 208 g/mol. The van der Waals surface area contributed by atoms with E-state index in [1.807, 2.05) is 0 Å². The molecule has 1 aliphatic carbocycles. The molecule has 2 fully saturated rings. The van der Waals surface area contributed by atoms with Gasteiger partial charge in [0.05, 0.1) is 12.7 Å². The fourth-order valence-electron chi connectivity index (χ4n) is 2.61. The van der Waals surface area contributed by atoms with Crippen LogP contribution >= 0.6 is 0 Å². The molecule has 0 amide bonds. The molecule has 84 valence electrons. The average Bonchev–Trinajstić information content (AvgIpc) is 2.57. The van der Waals surface area contributed by atoms with Crippen molar-refractivity contribution >= 4 is 0 Å². The Kier molecular flexibility index (Phi) is 3.61. The van der Waals surface area contributed by atoms with E-state index in [2.05, 4.69) is 11.4 Å². The molecular weight excluding hydrogens is 188 g/mol. The van der Waals surface area contributed by atoms with Crippen LogP contribution in [0, 0.1) is 11.3 Å². The smallest absolute Gasteiger partial charge is 0.132 e. The highest BCUT2D eigenvalue weighted by molar-refractivity contribution is 5.10. The van der Waals surface area contributed by atoms with Crippen molar-refractivity contribution in [2.45, 2.75) is 56.5 Å². The number of nitriles is 1. The molecule has 1 atom stereocenters. The molecule has 1 aliphatic heterocycles. The predicted octanol–water partition coefficient (Wildman–Crippen LogP) is 1.98. The first-order chi connectivity index (χ1) is 7.35. The van der Waals surface area contributed by atoms with Crippen molar-refractivity contribution in [3.8, 4) is 6.07 Å². The van der Waals surface area contributed by atoms with Crippen LogP contribution in [0.3, 0.4) is 0 Å². The summed E-state index contributed by atoms with van der Waals surface area (Å²) in [7, 11) is 0. The maximum atomic E-state index is 9.22. The van der Waals surface area contributed by atoms with Crippen molar-refractivity contribution < 1.29 is 4.74 Å². The van der Waals surface area contributed by atoms with E-state index in [0.29, 0.717) is 12.6 Å². The molecule has 3 nitrogen and oxygen atoms in total. The van der Waals surface area contributed by atoms with Crippen LogP contribution in [0.25, 0.3) is 0 Å². The van der Waals surface area contributed by atoms with E-state index in [0.717, 1.165) is 13.0 Å². The lowest BCUT2D eigenvalue weighted by Crippen LogP contribution is -2.49. The summed E-state index contributed by atoms with van der Waals surface area (Å²) in [6, 6.07) is 2.94. The van der Waals surface area contributed by atoms with Gasteiger partial charge in [-0.25, -0.2) is 0 Å². The molecule has 0 spiro atoms. The Labute approximate surface area is 91.8 Å². The lowest BCUT2D eigenvalue weighted by atomic mass is 9.97. The molecule has 1 unspecified atom stereocenters. The molecule has 0 bridgehead atoms. The SMILES string of the molecule is N#CC1(NC2CCCCCC2)CCOC1. The molecule has 1 saturated heterocycles. The standard InChI is InChI=1S/C12H20N2O/c13-9-12(7-8-15-10-12)14-11-5-3-1-2-4-6-11/h11,14H,1-8,10H2. The summed E-state index contributed by atoms with van der Waals surface area (Å²) < 4.78 is 5.34. The predicted molar refractivity (Wildman–Crippen MR) is 58.4 cm³/mol. The summed E-state index contributed by atoms with van der Waals surface area (Å²) in [5, 5.41) is 12.8. The van der Waals surface area contributed by atoms with Crippen LogP contribution < -0.4 is 5.32 Å². The molecular formula is C12H20N2O. The van der Waals surface area contributed by atoms with E-state index >= 15 is 0 Å². The Hall–Kier alpha value is -0.590. The normalized spacial score (nSPS) is 33.5. The Bertz CT molecular complexity index is 232. The van der Waals surface area contributed by atoms with Gasteiger partial charge in [-0.05, 0) is 12.8 Å². The van der Waals surface area contributed by atoms with Crippen LogP contribution in [0.5, 0.6) is 0 Å². The van der Waals surface area contributed by atoms with Gasteiger partial charge in [0.15, 0.2) is 0 Å². The molecule has 1 heterocycles. The first-order valence-electron chi connectivity index (χ1n) is 6.11. The van der Waals surface area contributed by atoms with Crippen LogP contribution in [0.2, 0.25) is 0 Å². The zero-order valence-corrected chi connectivity index (χ0v) is 9.30. The second kappa shape index (κ2) is 4.96. The fourth-order valence-corrected chi connectivity index (χ4v) is 2.61. The zero-order valence-electron chi connectivity index (χ0n) is 9.30. The zero-order chi connectivity index (χ0) is 10.6. The minimum Gasteiger partial charge on any atom is -0.378 e. The monoisotopic (exact) mass is 208 g/mol. The fraction of sp³-hybridized carbons (Fsp3) is 0.917. The summed E-state index contributed by atoms with van der Waals surface area (Å²) in [6.45, 7) is 1.30. The molecule has 15 heavy (non-hydrogen) atoms. The minimum absolute atomic E-state index is 0.380. The first-order valence-corrected chi connectivity index (χ1v) is 6.11. The largest absolute Gasteiger partial charge is 0.378 e. The van der Waals surface area contributed by atoms with Crippen LogP contribution in [0.15, 0.2) is 0 Å². The number of hydrogen-bond donors (Lipinski definition) is 1. The minimum atomic E-state index is -0.380. The molecule has 2 aliphatic rings. The Morgan fingerprint density at radius 3 is 2.47 bits per heavy atom. The van der Waals surface area contributed by atoms with Gasteiger partial charge in [0.2, 0.25) is 0 Å². The van der Waals surface area contributed by atoms with Crippen LogP contribution in [-0.2, 0) is 4.74 Å². The lowest BCUT2D eigenvalue weighted by Gasteiger charge is -2.27. The van der Waals surface area contributed by atoms with Crippen molar-refractivity contribution in [1.82, 2.24) is 5.32 Å². The number of rotatable bonds is 2. The number of nitrogens with one attached hydrogen (secondary N) is 1. The van der Waals surface area contributed by atoms with E-state index in [9.17, 15) is 5.26 Å². The van der Waals surface area contributed by atoms with Gasteiger partial charge in [-0.2, -0.15) is 5.26 Å². The summed E-state index contributed by atoms with van der Waals surface area (Å²) >= 11 is 0. The van der Waals surface area contributed by atoms with Gasteiger partial charge < -0.3 is 4.74 Å². The first kappa shape index (κ1) is 10.9. The molecule has 0 aromatic carbocycles. The maximum Gasteiger partial charge on any atom is 0.132 e. The van der Waals surface area contributed by atoms with Crippen molar-refractivity contribution in [3.63, 3.8) is 0 Å². The number of hydrogen-bond acceptors (Lipinski definition) is 3. The van der Waals surface area contributed by atoms with Crippen LogP contribution in [0.1, 0.15) is 44.9 Å². The van der Waals surface area contributed by atoms with Gasteiger partial charge >= 0.3 is 0 Å². The summed E-state index contributed by atoms with van der Waals surface area (Å²) in [4.78, 5) is 0. The molecule has 3 heteroatoms. The van der Waals surface area contributed by atoms with Gasteiger partial charge in [-0.1, -0.05) is 25.7 Å². The van der Waals surface area contributed by atoms with E-state index < -0.39 is 0 Å². The number of ether oxygens (including phenoxy) is 1. The van der Waals surface area contributed by atoms with Crippen LogP contribution in [0.4, 0.5) is 0 Å². The van der Waals surface area contributed by atoms with Crippen molar-refractivity contribution in [2.75, 3.05) is 13.2 Å². The highest BCUT2D eigenvalue weighted by atomic mass is 16.5. The lowest BCUT2D eigenvalue weighted by molar-refractivity contribution is 0.175. The molecule has 0 radical (unpaired) electrons. The van der Waals surface area contributed by atoms with Crippen molar-refractivity contribution in [1.29, 1.82) is 5.26 Å². The van der Waals surface area contributed by atoms with Gasteiger partial charge in [0, 0.05) is 19.1 Å². The van der Waals surface area contributed by atoms with Gasteiger partial charge in [-0.15, -0.1) is 0 Å². The van der Waals surface area contributed by atoms with Gasteiger partial charge in [-0.3, -0.25) is 5.32 Å². The van der Waals surface area contributed by atoms with E-state index in [1.54, 1.807) is 0 Å². The summed E-state index contributed by atoms with van der Waals surface area (Å²) in [6.07, 6.45) is 8.62.